The number of carbonyl (C=O) groups is 1. The Balaban J connectivity index is 1.23. The van der Waals surface area contributed by atoms with Crippen molar-refractivity contribution in [2.24, 2.45) is 0 Å². The molecule has 0 unspecified atom stereocenters. The van der Waals surface area contributed by atoms with Crippen molar-refractivity contribution in [1.29, 1.82) is 5.26 Å². The van der Waals surface area contributed by atoms with Crippen molar-refractivity contribution in [3.63, 3.8) is 0 Å². The molecule has 2 atom stereocenters. The lowest BCUT2D eigenvalue weighted by Crippen LogP contribution is -2.46. The molecule has 0 aliphatic carbocycles. The molecule has 2 saturated heterocycles. The summed E-state index contributed by atoms with van der Waals surface area (Å²) in [7, 11) is 1.60. The highest BCUT2D eigenvalue weighted by Gasteiger charge is 2.37. The second kappa shape index (κ2) is 14.7. The summed E-state index contributed by atoms with van der Waals surface area (Å²) in [5, 5.41) is 21.7. The summed E-state index contributed by atoms with van der Waals surface area (Å²) in [5.74, 6) is 0.744. The van der Waals surface area contributed by atoms with Gasteiger partial charge in [-0.15, -0.1) is 0 Å². The minimum Gasteiger partial charge on any atom is -0.383 e. The van der Waals surface area contributed by atoms with E-state index in [1.807, 2.05) is 49.4 Å². The average Bonchev–Trinajstić information content (AvgIpc) is 3.64. The second-order valence-electron chi connectivity index (χ2n) is 11.4. The van der Waals surface area contributed by atoms with E-state index in [2.05, 4.69) is 31.5 Å². The van der Waals surface area contributed by atoms with Crippen LogP contribution in [0.2, 0.25) is 0 Å². The van der Waals surface area contributed by atoms with Crippen molar-refractivity contribution in [1.82, 2.24) is 35.0 Å². The molecule has 4 aromatic rings. The van der Waals surface area contributed by atoms with Gasteiger partial charge in [-0.1, -0.05) is 18.2 Å². The van der Waals surface area contributed by atoms with Gasteiger partial charge in [0.2, 0.25) is 5.95 Å². The summed E-state index contributed by atoms with van der Waals surface area (Å²) in [6, 6.07) is 17.8. The molecule has 14 heteroatoms. The van der Waals surface area contributed by atoms with Gasteiger partial charge in [0.25, 0.3) is 0 Å². The fourth-order valence-corrected chi connectivity index (χ4v) is 5.87. The molecule has 2 aliphatic heterocycles. The van der Waals surface area contributed by atoms with E-state index in [4.69, 9.17) is 24.9 Å². The fraction of sp³-hybridized carbons (Fsp3) is 0.364. The van der Waals surface area contributed by atoms with Gasteiger partial charge >= 0.3 is 6.03 Å². The van der Waals surface area contributed by atoms with Crippen molar-refractivity contribution in [2.45, 2.75) is 19.1 Å². The van der Waals surface area contributed by atoms with E-state index in [1.54, 1.807) is 29.1 Å². The molecule has 0 saturated carbocycles. The molecule has 3 aromatic heterocycles. The molecule has 0 radical (unpaired) electrons. The summed E-state index contributed by atoms with van der Waals surface area (Å²) in [5.41, 5.74) is 3.60. The van der Waals surface area contributed by atoms with Gasteiger partial charge in [0.05, 0.1) is 36.6 Å². The number of piperazine rings is 1. The monoisotopic (exact) mass is 640 g/mol. The smallest absolute Gasteiger partial charge is 0.320 e. The van der Waals surface area contributed by atoms with Gasteiger partial charge in [0.1, 0.15) is 17.7 Å². The van der Waals surface area contributed by atoms with E-state index in [9.17, 15) is 9.18 Å². The van der Waals surface area contributed by atoms with Gasteiger partial charge < -0.3 is 15.0 Å². The number of benzene rings is 1. The summed E-state index contributed by atoms with van der Waals surface area (Å²) >= 11 is 0. The van der Waals surface area contributed by atoms with Crippen LogP contribution in [0.25, 0.3) is 16.9 Å². The molecule has 0 bridgehead atoms. The lowest BCUT2D eigenvalue weighted by Gasteiger charge is -2.34. The van der Waals surface area contributed by atoms with Gasteiger partial charge in [-0.25, -0.2) is 19.4 Å². The highest BCUT2D eigenvalue weighted by Crippen LogP contribution is 2.32. The van der Waals surface area contributed by atoms with Crippen LogP contribution >= 0.6 is 0 Å². The van der Waals surface area contributed by atoms with Crippen LogP contribution in [0.3, 0.4) is 0 Å². The number of nitrogens with one attached hydrogen (secondary N) is 2. The third-order valence-electron chi connectivity index (χ3n) is 8.34. The predicted molar refractivity (Wildman–Crippen MR) is 173 cm³/mol. The van der Waals surface area contributed by atoms with Gasteiger partial charge in [0, 0.05) is 69.9 Å². The third kappa shape index (κ3) is 7.39. The van der Waals surface area contributed by atoms with E-state index < -0.39 is 24.1 Å². The minimum absolute atomic E-state index is 0.374. The van der Waals surface area contributed by atoms with E-state index >= 15 is 0 Å². The van der Waals surface area contributed by atoms with Gasteiger partial charge in [-0.05, 0) is 48.9 Å². The Bertz CT molecular complexity index is 1700. The Morgan fingerprint density at radius 3 is 2.64 bits per heavy atom. The summed E-state index contributed by atoms with van der Waals surface area (Å²) < 4.78 is 20.9. The fourth-order valence-electron chi connectivity index (χ4n) is 5.87. The first-order valence-corrected chi connectivity index (χ1v) is 15.5. The van der Waals surface area contributed by atoms with Crippen molar-refractivity contribution in [2.75, 3.05) is 69.7 Å². The molecule has 1 aromatic carbocycles. The molecule has 2 fully saturated rings. The largest absolute Gasteiger partial charge is 0.383 e. The van der Waals surface area contributed by atoms with E-state index in [0.29, 0.717) is 43.3 Å². The number of hydroxylamine groups is 2. The molecule has 2 amide bonds. The molecule has 6 rings (SSSR count). The van der Waals surface area contributed by atoms with Crippen molar-refractivity contribution >= 4 is 17.7 Å². The molecular formula is C33H37FN10O3. The van der Waals surface area contributed by atoms with Gasteiger partial charge in [-0.2, -0.15) is 19.8 Å². The maximum Gasteiger partial charge on any atom is 0.320 e. The van der Waals surface area contributed by atoms with Crippen LogP contribution in [0, 0.1) is 24.2 Å². The van der Waals surface area contributed by atoms with Crippen LogP contribution in [-0.4, -0.2) is 101 Å². The summed E-state index contributed by atoms with van der Waals surface area (Å²) in [6.07, 6.45) is 2.56. The van der Waals surface area contributed by atoms with E-state index in [1.165, 1.54) is 12.3 Å². The van der Waals surface area contributed by atoms with Crippen LogP contribution in [-0.2, 0) is 9.57 Å². The number of pyridine rings is 2. The quantitative estimate of drug-likeness (QED) is 0.196. The molecule has 2 aliphatic rings. The zero-order chi connectivity index (χ0) is 32.8. The van der Waals surface area contributed by atoms with E-state index in [-0.39, 0.29) is 0 Å². The number of halogens is 1. The Morgan fingerprint density at radius 1 is 1.13 bits per heavy atom. The number of nitriles is 1. The van der Waals surface area contributed by atoms with Gasteiger partial charge in [-0.3, -0.25) is 15.1 Å². The Labute approximate surface area is 272 Å². The number of nitrogens with zero attached hydrogens (tertiary/aromatic N) is 8. The first kappa shape index (κ1) is 32.0. The topological polar surface area (TPSA) is 137 Å². The number of anilines is 2. The molecule has 13 nitrogen and oxygen atoms in total. The third-order valence-corrected chi connectivity index (χ3v) is 8.34. The van der Waals surface area contributed by atoms with Crippen molar-refractivity contribution < 1.29 is 18.8 Å². The zero-order valence-electron chi connectivity index (χ0n) is 26.3. The number of hydrogen-bond acceptors (Lipinski definition) is 10. The first-order chi connectivity index (χ1) is 22.9. The van der Waals surface area contributed by atoms with Crippen LogP contribution < -0.4 is 15.5 Å². The number of ether oxygens (including phenoxy) is 1. The molecular weight excluding hydrogens is 603 g/mol. The molecule has 2 N–H and O–H groups in total. The number of amides is 2. The highest BCUT2D eigenvalue weighted by atomic mass is 19.1. The van der Waals surface area contributed by atoms with Gasteiger partial charge in [0.15, 0.2) is 0 Å². The number of para-hydroxylation sites is 1. The Morgan fingerprint density at radius 2 is 1.94 bits per heavy atom. The predicted octanol–water partition coefficient (Wildman–Crippen LogP) is 3.55. The summed E-state index contributed by atoms with van der Waals surface area (Å²) in [6.45, 7) is 6.85. The normalized spacial score (nSPS) is 18.6. The molecule has 244 valence electrons. The molecule has 0 spiro atoms. The highest BCUT2D eigenvalue weighted by molar-refractivity contribution is 5.91. The number of carbonyl (C=O) groups excluding carboxylic acids is 1. The van der Waals surface area contributed by atoms with Crippen molar-refractivity contribution in [3.05, 3.63) is 84.1 Å². The minimum atomic E-state index is -0.625. The Kier molecular flexibility index (Phi) is 9.98. The first-order valence-electron chi connectivity index (χ1n) is 15.5. The second-order valence-corrected chi connectivity index (χ2v) is 11.4. The number of rotatable bonds is 10. The summed E-state index contributed by atoms with van der Waals surface area (Å²) in [4.78, 5) is 32.4. The molecule has 47 heavy (non-hydrogen) atoms. The molecule has 5 heterocycles. The number of urea groups is 1. The number of hydrogen-bond donors (Lipinski definition) is 2. The Hall–Kier alpha value is -4.94. The number of aromatic nitrogens is 4. The van der Waals surface area contributed by atoms with E-state index in [0.717, 1.165) is 48.8 Å². The maximum absolute atomic E-state index is 14.0. The average molecular weight is 641 g/mol. The maximum atomic E-state index is 14.0. The van der Waals surface area contributed by atoms with Crippen LogP contribution in [0.4, 0.5) is 20.8 Å². The van der Waals surface area contributed by atoms with Crippen molar-refractivity contribution in [3.8, 4) is 23.0 Å². The van der Waals surface area contributed by atoms with Crippen LogP contribution in [0.1, 0.15) is 17.2 Å². The lowest BCUT2D eigenvalue weighted by atomic mass is 10.0. The standard InChI is InChI=1S/C33H37FN10O3/c1-23-30(25-8-9-29(37-21-25)42-16-14-41(13-11-35)15-17-42)40-44(26-6-4-3-5-7-26)32(23)39-33(45)38-27-22-43(18-19-46-2)47-31(27)24-10-12-36-28(34)20-24/h3-10,12,20-21,27,31H,13-19,22H2,1-2H3,(H2,38,39,45)/t27-,31+/m1/s1. The van der Waals surface area contributed by atoms with Crippen LogP contribution in [0.15, 0.2) is 67.0 Å². The lowest BCUT2D eigenvalue weighted by molar-refractivity contribution is -0.154. The number of methoxy groups -OCH3 is 1. The SMILES string of the molecule is COCCN1C[C@@H](NC(=O)Nc2c(C)c(-c3ccc(N4CCN(CC#N)CC4)nc3)nn2-c2ccccc2)[C@H](c2ccnc(F)c2)O1. The van der Waals surface area contributed by atoms with Crippen LogP contribution in [0.5, 0.6) is 0 Å². The zero-order valence-corrected chi connectivity index (χ0v) is 26.3.